The Morgan fingerprint density at radius 2 is 2.14 bits per heavy atom. The minimum Gasteiger partial charge on any atom is -0.325 e. The van der Waals surface area contributed by atoms with E-state index in [0.717, 1.165) is 13.1 Å². The van der Waals surface area contributed by atoms with Gasteiger partial charge in [-0.2, -0.15) is 8.78 Å². The molecule has 2 rings (SSSR count). The predicted molar refractivity (Wildman–Crippen MR) is 84.7 cm³/mol. The van der Waals surface area contributed by atoms with E-state index in [4.69, 9.17) is 11.6 Å². The Kier molecular flexibility index (Phi) is 7.20. The van der Waals surface area contributed by atoms with Crippen molar-refractivity contribution in [3.8, 4) is 0 Å². The maximum Gasteiger partial charge on any atom is 0.289 e. The van der Waals surface area contributed by atoms with Gasteiger partial charge in [-0.15, -0.1) is 12.4 Å². The number of amides is 1. The third-order valence-corrected chi connectivity index (χ3v) is 4.65. The number of nitrogens with one attached hydrogen (secondary N) is 2. The molecule has 0 radical (unpaired) electrons. The Labute approximate surface area is 137 Å². The highest BCUT2D eigenvalue weighted by atomic mass is 35.5. The summed E-state index contributed by atoms with van der Waals surface area (Å²) in [6.07, 6.45) is 0. The normalized spacial score (nSPS) is 16.0. The first-order valence-corrected chi connectivity index (χ1v) is 7.49. The first-order chi connectivity index (χ1) is 9.49. The van der Waals surface area contributed by atoms with Crippen molar-refractivity contribution in [2.45, 2.75) is 17.6 Å². The number of rotatable bonds is 5. The Bertz CT molecular complexity index is 501. The molecule has 1 aromatic rings. The van der Waals surface area contributed by atoms with Crippen LogP contribution in [0.15, 0.2) is 23.1 Å². The van der Waals surface area contributed by atoms with Gasteiger partial charge < -0.3 is 10.6 Å². The second kappa shape index (κ2) is 8.17. The van der Waals surface area contributed by atoms with E-state index in [-0.39, 0.29) is 34.2 Å². The molecule has 1 amide bonds. The maximum absolute atomic E-state index is 12.6. The third-order valence-electron chi connectivity index (χ3n) is 3.37. The van der Waals surface area contributed by atoms with Crippen molar-refractivity contribution in [2.24, 2.45) is 11.8 Å². The quantitative estimate of drug-likeness (QED) is 0.786. The number of halogens is 4. The van der Waals surface area contributed by atoms with E-state index < -0.39 is 5.76 Å². The van der Waals surface area contributed by atoms with Crippen molar-refractivity contribution < 1.29 is 13.6 Å². The summed E-state index contributed by atoms with van der Waals surface area (Å²) in [5.74, 6) is -2.63. The van der Waals surface area contributed by atoms with Crippen LogP contribution in [0.5, 0.6) is 0 Å². The second-order valence-corrected chi connectivity index (χ2v) is 6.10. The average molecular weight is 357 g/mol. The summed E-state index contributed by atoms with van der Waals surface area (Å²) in [5.41, 5.74) is 0.340. The molecule has 1 saturated heterocycles. The van der Waals surface area contributed by atoms with Crippen LogP contribution in [-0.4, -0.2) is 24.8 Å². The molecule has 0 bridgehead atoms. The topological polar surface area (TPSA) is 41.1 Å². The predicted octanol–water partition coefficient (Wildman–Crippen LogP) is 3.87. The van der Waals surface area contributed by atoms with Crippen LogP contribution in [0.2, 0.25) is 5.02 Å². The Hall–Kier alpha value is -0.560. The van der Waals surface area contributed by atoms with Crippen molar-refractivity contribution in [2.75, 3.05) is 18.4 Å². The fourth-order valence-corrected chi connectivity index (χ4v) is 2.85. The summed E-state index contributed by atoms with van der Waals surface area (Å²) in [4.78, 5) is 12.3. The van der Waals surface area contributed by atoms with Crippen LogP contribution in [0.25, 0.3) is 0 Å². The number of anilines is 1. The Morgan fingerprint density at radius 3 is 2.67 bits per heavy atom. The molecule has 0 aliphatic carbocycles. The first-order valence-electron chi connectivity index (χ1n) is 6.24. The molecule has 1 fully saturated rings. The third kappa shape index (κ3) is 4.71. The molecule has 118 valence electrons. The summed E-state index contributed by atoms with van der Waals surface area (Å²) in [5, 5.41) is 6.02. The molecule has 3 nitrogen and oxygen atoms in total. The number of alkyl halides is 2. The highest BCUT2D eigenvalue weighted by Gasteiger charge is 2.29. The van der Waals surface area contributed by atoms with Gasteiger partial charge in [-0.25, -0.2) is 0 Å². The van der Waals surface area contributed by atoms with Crippen molar-refractivity contribution in [3.05, 3.63) is 23.2 Å². The molecule has 1 aliphatic rings. The average Bonchev–Trinajstić information content (AvgIpc) is 2.30. The van der Waals surface area contributed by atoms with Crippen LogP contribution in [0.1, 0.15) is 6.92 Å². The number of carbonyl (C=O) groups is 1. The molecule has 1 aromatic carbocycles. The van der Waals surface area contributed by atoms with Crippen LogP contribution in [0, 0.1) is 11.8 Å². The standard InChI is InChI=1S/C13H15ClF2N2OS.ClH/c1-7(8-5-17-6-8)12(19)18-10-4-2-3-9(14)11(10)20-13(15)16;/h2-4,7-8,13,17H,5-6H2,1H3,(H,18,19);1H. The zero-order valence-corrected chi connectivity index (χ0v) is 13.6. The molecular formula is C13H16Cl2F2N2OS. The van der Waals surface area contributed by atoms with Crippen LogP contribution >= 0.6 is 35.8 Å². The smallest absolute Gasteiger partial charge is 0.289 e. The van der Waals surface area contributed by atoms with Gasteiger partial charge in [0.25, 0.3) is 5.76 Å². The zero-order chi connectivity index (χ0) is 14.7. The van der Waals surface area contributed by atoms with Gasteiger partial charge in [-0.1, -0.05) is 36.4 Å². The molecule has 8 heteroatoms. The molecule has 21 heavy (non-hydrogen) atoms. The monoisotopic (exact) mass is 356 g/mol. The molecule has 1 aliphatic heterocycles. The summed E-state index contributed by atoms with van der Waals surface area (Å²) in [6.45, 7) is 3.46. The van der Waals surface area contributed by atoms with Gasteiger partial charge in [0.2, 0.25) is 5.91 Å². The molecule has 0 aromatic heterocycles. The van der Waals surface area contributed by atoms with Gasteiger partial charge in [0.1, 0.15) is 0 Å². The number of thioether (sulfide) groups is 1. The van der Waals surface area contributed by atoms with Crippen LogP contribution in [0.3, 0.4) is 0 Å². The maximum atomic E-state index is 12.6. The minimum atomic E-state index is -2.58. The van der Waals surface area contributed by atoms with E-state index in [0.29, 0.717) is 23.4 Å². The van der Waals surface area contributed by atoms with Gasteiger partial charge in [0, 0.05) is 5.92 Å². The lowest BCUT2D eigenvalue weighted by atomic mass is 9.88. The number of carbonyl (C=O) groups excluding carboxylic acids is 1. The lowest BCUT2D eigenvalue weighted by molar-refractivity contribution is -0.121. The van der Waals surface area contributed by atoms with Gasteiger partial charge in [-0.3, -0.25) is 4.79 Å². The number of hydrogen-bond acceptors (Lipinski definition) is 3. The SMILES string of the molecule is CC(C(=O)Nc1cccc(Cl)c1SC(F)F)C1CNC1.Cl. The molecule has 2 N–H and O–H groups in total. The van der Waals surface area contributed by atoms with Crippen molar-refractivity contribution in [1.29, 1.82) is 0 Å². The van der Waals surface area contributed by atoms with E-state index in [1.54, 1.807) is 12.1 Å². The van der Waals surface area contributed by atoms with Crippen molar-refractivity contribution >= 4 is 47.4 Å². The summed E-state index contributed by atoms with van der Waals surface area (Å²) in [6, 6.07) is 4.74. The highest BCUT2D eigenvalue weighted by Crippen LogP contribution is 2.37. The van der Waals surface area contributed by atoms with Crippen LogP contribution < -0.4 is 10.6 Å². The van der Waals surface area contributed by atoms with Gasteiger partial charge in [0.15, 0.2) is 0 Å². The van der Waals surface area contributed by atoms with E-state index in [9.17, 15) is 13.6 Å². The lowest BCUT2D eigenvalue weighted by Gasteiger charge is -2.31. The number of hydrogen-bond donors (Lipinski definition) is 2. The Morgan fingerprint density at radius 1 is 1.48 bits per heavy atom. The van der Waals surface area contributed by atoms with E-state index >= 15 is 0 Å². The molecule has 0 spiro atoms. The Balaban J connectivity index is 0.00000220. The van der Waals surface area contributed by atoms with E-state index in [2.05, 4.69) is 10.6 Å². The summed E-state index contributed by atoms with van der Waals surface area (Å²) >= 11 is 6.26. The molecule has 1 unspecified atom stereocenters. The fraction of sp³-hybridized carbons (Fsp3) is 0.462. The van der Waals surface area contributed by atoms with Crippen molar-refractivity contribution in [3.63, 3.8) is 0 Å². The summed E-state index contributed by atoms with van der Waals surface area (Å²) in [7, 11) is 0. The zero-order valence-electron chi connectivity index (χ0n) is 11.2. The van der Waals surface area contributed by atoms with Crippen molar-refractivity contribution in [1.82, 2.24) is 5.32 Å². The number of benzene rings is 1. The van der Waals surface area contributed by atoms with Crippen LogP contribution in [-0.2, 0) is 4.79 Å². The second-order valence-electron chi connectivity index (χ2n) is 4.69. The largest absolute Gasteiger partial charge is 0.325 e. The van der Waals surface area contributed by atoms with Crippen LogP contribution in [0.4, 0.5) is 14.5 Å². The van der Waals surface area contributed by atoms with E-state index in [1.807, 2.05) is 6.92 Å². The van der Waals surface area contributed by atoms with E-state index in [1.165, 1.54) is 6.07 Å². The molecule has 1 heterocycles. The van der Waals surface area contributed by atoms with Gasteiger partial charge in [0.05, 0.1) is 15.6 Å². The molecule has 1 atom stereocenters. The minimum absolute atomic E-state index is 0. The van der Waals surface area contributed by atoms with Gasteiger partial charge >= 0.3 is 0 Å². The molecular weight excluding hydrogens is 341 g/mol. The highest BCUT2D eigenvalue weighted by molar-refractivity contribution is 7.99. The van der Waals surface area contributed by atoms with Gasteiger partial charge in [-0.05, 0) is 31.1 Å². The first kappa shape index (κ1) is 18.5. The summed E-state index contributed by atoms with van der Waals surface area (Å²) < 4.78 is 25.1. The fourth-order valence-electron chi connectivity index (χ4n) is 1.94. The lowest BCUT2D eigenvalue weighted by Crippen LogP contribution is -2.48. The molecule has 0 saturated carbocycles.